The first-order valence-electron chi connectivity index (χ1n) is 5.51. The lowest BCUT2D eigenvalue weighted by Crippen LogP contribution is -2.15. The van der Waals surface area contributed by atoms with Gasteiger partial charge in [0.2, 0.25) is 0 Å². The standard InChI is InChI=1S/C12H14BrNO3/c1-9-3-2-4-10(11(9)14(15)16)17-8-12(7-13)5-6-12/h2-4H,5-8H2,1H3. The van der Waals surface area contributed by atoms with Crippen LogP contribution in [0.5, 0.6) is 5.75 Å². The van der Waals surface area contributed by atoms with Gasteiger partial charge in [-0.1, -0.05) is 28.1 Å². The van der Waals surface area contributed by atoms with E-state index in [0.29, 0.717) is 17.9 Å². The van der Waals surface area contributed by atoms with Crippen LogP contribution in [0.2, 0.25) is 0 Å². The number of rotatable bonds is 5. The Morgan fingerprint density at radius 1 is 1.53 bits per heavy atom. The van der Waals surface area contributed by atoms with E-state index in [9.17, 15) is 10.1 Å². The average molecular weight is 300 g/mol. The van der Waals surface area contributed by atoms with E-state index in [4.69, 9.17) is 4.74 Å². The maximum absolute atomic E-state index is 11.0. The van der Waals surface area contributed by atoms with Crippen LogP contribution in [0.15, 0.2) is 18.2 Å². The van der Waals surface area contributed by atoms with Gasteiger partial charge in [-0.3, -0.25) is 10.1 Å². The predicted molar refractivity (Wildman–Crippen MR) is 68.8 cm³/mol. The Morgan fingerprint density at radius 3 is 2.76 bits per heavy atom. The van der Waals surface area contributed by atoms with Crippen LogP contribution in [0.25, 0.3) is 0 Å². The van der Waals surface area contributed by atoms with E-state index in [0.717, 1.165) is 18.2 Å². The minimum Gasteiger partial charge on any atom is -0.486 e. The number of halogens is 1. The Labute approximate surface area is 108 Å². The summed E-state index contributed by atoms with van der Waals surface area (Å²) in [6.07, 6.45) is 2.25. The molecule has 1 aliphatic carbocycles. The first-order chi connectivity index (χ1) is 8.08. The van der Waals surface area contributed by atoms with Crippen LogP contribution < -0.4 is 4.74 Å². The minimum atomic E-state index is -0.377. The third kappa shape index (κ3) is 2.60. The van der Waals surface area contributed by atoms with Crippen LogP contribution >= 0.6 is 15.9 Å². The summed E-state index contributed by atoms with van der Waals surface area (Å²) >= 11 is 3.45. The molecule has 4 nitrogen and oxygen atoms in total. The lowest BCUT2D eigenvalue weighted by atomic mass is 10.1. The molecule has 0 aliphatic heterocycles. The van der Waals surface area contributed by atoms with Gasteiger partial charge in [-0.15, -0.1) is 0 Å². The van der Waals surface area contributed by atoms with Gasteiger partial charge in [0.15, 0.2) is 5.75 Å². The maximum atomic E-state index is 11.0. The van der Waals surface area contributed by atoms with E-state index in [1.807, 2.05) is 0 Å². The predicted octanol–water partition coefficient (Wildman–Crippen LogP) is 3.46. The van der Waals surface area contributed by atoms with Gasteiger partial charge in [-0.05, 0) is 25.8 Å². The first kappa shape index (κ1) is 12.4. The second-order valence-corrected chi connectivity index (χ2v) is 5.16. The van der Waals surface area contributed by atoms with Gasteiger partial charge in [-0.25, -0.2) is 0 Å². The molecule has 0 radical (unpaired) electrons. The van der Waals surface area contributed by atoms with Crippen molar-refractivity contribution >= 4 is 21.6 Å². The first-order valence-corrected chi connectivity index (χ1v) is 6.63. The topological polar surface area (TPSA) is 52.4 Å². The van der Waals surface area contributed by atoms with E-state index in [1.54, 1.807) is 25.1 Å². The molecule has 2 rings (SSSR count). The van der Waals surface area contributed by atoms with Crippen molar-refractivity contribution in [1.29, 1.82) is 0 Å². The van der Waals surface area contributed by atoms with Crippen molar-refractivity contribution in [2.75, 3.05) is 11.9 Å². The summed E-state index contributed by atoms with van der Waals surface area (Å²) in [5, 5.41) is 11.9. The van der Waals surface area contributed by atoms with E-state index in [2.05, 4.69) is 15.9 Å². The number of nitro benzene ring substituents is 1. The summed E-state index contributed by atoms with van der Waals surface area (Å²) < 4.78 is 5.63. The van der Waals surface area contributed by atoms with Crippen molar-refractivity contribution in [3.8, 4) is 5.75 Å². The largest absolute Gasteiger partial charge is 0.486 e. The third-order valence-corrected chi connectivity index (χ3v) is 4.35. The average Bonchev–Trinajstić information content (AvgIpc) is 3.06. The van der Waals surface area contributed by atoms with Crippen molar-refractivity contribution in [2.45, 2.75) is 19.8 Å². The Balaban J connectivity index is 2.15. The summed E-state index contributed by atoms with van der Waals surface area (Å²) in [7, 11) is 0. The molecule has 17 heavy (non-hydrogen) atoms. The van der Waals surface area contributed by atoms with Gasteiger partial charge in [0, 0.05) is 16.3 Å². The smallest absolute Gasteiger partial charge is 0.313 e. The molecular formula is C12H14BrNO3. The zero-order valence-electron chi connectivity index (χ0n) is 9.61. The molecule has 1 aromatic rings. The molecule has 92 valence electrons. The Kier molecular flexibility index (Phi) is 3.38. The molecule has 1 aromatic carbocycles. The highest BCUT2D eigenvalue weighted by molar-refractivity contribution is 9.09. The highest BCUT2D eigenvalue weighted by Gasteiger charge is 2.42. The van der Waals surface area contributed by atoms with Crippen LogP contribution in [-0.4, -0.2) is 16.9 Å². The fourth-order valence-electron chi connectivity index (χ4n) is 1.71. The van der Waals surface area contributed by atoms with Crippen molar-refractivity contribution in [1.82, 2.24) is 0 Å². The van der Waals surface area contributed by atoms with Crippen LogP contribution in [-0.2, 0) is 0 Å². The number of hydrogen-bond acceptors (Lipinski definition) is 3. The number of alkyl halides is 1. The van der Waals surface area contributed by atoms with Crippen LogP contribution in [0.3, 0.4) is 0 Å². The number of hydrogen-bond donors (Lipinski definition) is 0. The van der Waals surface area contributed by atoms with Crippen molar-refractivity contribution in [2.24, 2.45) is 5.41 Å². The molecule has 0 bridgehead atoms. The maximum Gasteiger partial charge on any atom is 0.313 e. The number of benzene rings is 1. The van der Waals surface area contributed by atoms with E-state index in [-0.39, 0.29) is 16.0 Å². The number of nitrogens with zero attached hydrogens (tertiary/aromatic N) is 1. The fourth-order valence-corrected chi connectivity index (χ4v) is 2.43. The zero-order valence-corrected chi connectivity index (χ0v) is 11.2. The molecule has 0 amide bonds. The van der Waals surface area contributed by atoms with Crippen LogP contribution in [0.1, 0.15) is 18.4 Å². The molecule has 1 aliphatic rings. The monoisotopic (exact) mass is 299 g/mol. The highest BCUT2D eigenvalue weighted by atomic mass is 79.9. The Hall–Kier alpha value is -1.10. The van der Waals surface area contributed by atoms with Gasteiger partial charge in [0.1, 0.15) is 0 Å². The second kappa shape index (κ2) is 4.64. The normalized spacial score (nSPS) is 16.6. The quantitative estimate of drug-likeness (QED) is 0.475. The van der Waals surface area contributed by atoms with Gasteiger partial charge in [0.05, 0.1) is 11.5 Å². The lowest BCUT2D eigenvalue weighted by molar-refractivity contribution is -0.386. The van der Waals surface area contributed by atoms with Crippen LogP contribution in [0.4, 0.5) is 5.69 Å². The summed E-state index contributed by atoms with van der Waals surface area (Å²) in [4.78, 5) is 10.6. The van der Waals surface area contributed by atoms with Gasteiger partial charge in [0.25, 0.3) is 0 Å². The molecule has 1 fully saturated rings. The van der Waals surface area contributed by atoms with Crippen molar-refractivity contribution in [3.05, 3.63) is 33.9 Å². The summed E-state index contributed by atoms with van der Waals surface area (Å²) in [5.41, 5.74) is 0.909. The number of aryl methyl sites for hydroxylation is 1. The van der Waals surface area contributed by atoms with E-state index < -0.39 is 0 Å². The summed E-state index contributed by atoms with van der Waals surface area (Å²) in [5.74, 6) is 0.377. The van der Waals surface area contributed by atoms with Crippen LogP contribution in [0, 0.1) is 22.5 Å². The molecule has 0 N–H and O–H groups in total. The van der Waals surface area contributed by atoms with Gasteiger partial charge >= 0.3 is 5.69 Å². The molecule has 1 saturated carbocycles. The molecule has 0 unspecified atom stereocenters. The summed E-state index contributed by atoms with van der Waals surface area (Å²) in [6, 6.07) is 5.17. The lowest BCUT2D eigenvalue weighted by Gasteiger charge is -2.13. The molecule has 0 heterocycles. The minimum absolute atomic E-state index is 0.0814. The van der Waals surface area contributed by atoms with Gasteiger partial charge in [-0.2, -0.15) is 0 Å². The Morgan fingerprint density at radius 2 is 2.24 bits per heavy atom. The number of nitro groups is 1. The second-order valence-electron chi connectivity index (χ2n) is 4.60. The highest BCUT2D eigenvalue weighted by Crippen LogP contribution is 2.47. The SMILES string of the molecule is Cc1cccc(OCC2(CBr)CC2)c1[N+](=O)[O-]. The third-order valence-electron chi connectivity index (χ3n) is 3.16. The molecule has 5 heteroatoms. The molecule has 0 spiro atoms. The van der Waals surface area contributed by atoms with Crippen molar-refractivity contribution in [3.63, 3.8) is 0 Å². The number of para-hydroxylation sites is 1. The summed E-state index contributed by atoms with van der Waals surface area (Å²) in [6.45, 7) is 2.27. The van der Waals surface area contributed by atoms with Crippen molar-refractivity contribution < 1.29 is 9.66 Å². The Bertz CT molecular complexity index is 443. The molecule has 0 saturated heterocycles. The molecule has 0 atom stereocenters. The number of ether oxygens (including phenoxy) is 1. The van der Waals surface area contributed by atoms with Gasteiger partial charge < -0.3 is 4.74 Å². The van der Waals surface area contributed by atoms with E-state index >= 15 is 0 Å². The molecular weight excluding hydrogens is 286 g/mol. The fraction of sp³-hybridized carbons (Fsp3) is 0.500. The molecule has 0 aromatic heterocycles. The zero-order chi connectivity index (χ0) is 12.5. The van der Waals surface area contributed by atoms with E-state index in [1.165, 1.54) is 0 Å².